The third-order valence-corrected chi connectivity index (χ3v) is 4.12. The Balaban J connectivity index is 1.97. The monoisotopic (exact) mass is 289 g/mol. The first-order valence-electron chi connectivity index (χ1n) is 5.59. The molecule has 0 amide bonds. The van der Waals surface area contributed by atoms with Gasteiger partial charge < -0.3 is 4.90 Å². The lowest BCUT2D eigenvalue weighted by Crippen LogP contribution is -2.39. The van der Waals surface area contributed by atoms with Gasteiger partial charge in [-0.1, -0.05) is 0 Å². The fourth-order valence-electron chi connectivity index (χ4n) is 2.08. The van der Waals surface area contributed by atoms with Crippen molar-refractivity contribution < 1.29 is 8.78 Å². The van der Waals surface area contributed by atoms with E-state index in [1.807, 2.05) is 16.3 Å². The standard InChI is InChI=1S/C11H10ClF2N3S/c12-10-15-7-1-6-18-8(7)9(16-10)17-4-2-11(13,14)3-5-17/h1,6H,2-5H2. The largest absolute Gasteiger partial charge is 0.355 e. The van der Waals surface area contributed by atoms with E-state index >= 15 is 0 Å². The molecule has 1 aliphatic rings. The molecule has 2 aromatic rings. The minimum atomic E-state index is -2.55. The Morgan fingerprint density at radius 2 is 2.00 bits per heavy atom. The number of hydrogen-bond donors (Lipinski definition) is 0. The lowest BCUT2D eigenvalue weighted by Gasteiger charge is -2.32. The van der Waals surface area contributed by atoms with E-state index in [2.05, 4.69) is 9.97 Å². The number of nitrogens with zero attached hydrogens (tertiary/aromatic N) is 3. The normalized spacial score (nSPS) is 19.4. The van der Waals surface area contributed by atoms with Crippen LogP contribution in [-0.4, -0.2) is 29.0 Å². The molecule has 0 bridgehead atoms. The first-order chi connectivity index (χ1) is 8.55. The molecule has 2 aromatic heterocycles. The average Bonchev–Trinajstić information content (AvgIpc) is 2.76. The van der Waals surface area contributed by atoms with E-state index in [-0.39, 0.29) is 18.1 Å². The van der Waals surface area contributed by atoms with Gasteiger partial charge in [0.05, 0.1) is 10.2 Å². The molecule has 0 radical (unpaired) electrons. The Kier molecular flexibility index (Phi) is 2.86. The zero-order valence-electron chi connectivity index (χ0n) is 9.37. The SMILES string of the molecule is FC1(F)CCN(c2nc(Cl)nc3ccsc23)CC1. The Bertz CT molecular complexity index is 577. The van der Waals surface area contributed by atoms with E-state index in [1.54, 1.807) is 0 Å². The topological polar surface area (TPSA) is 29.0 Å². The number of piperidine rings is 1. The van der Waals surface area contributed by atoms with E-state index in [4.69, 9.17) is 11.6 Å². The third-order valence-electron chi connectivity index (χ3n) is 3.05. The Labute approximate surface area is 111 Å². The van der Waals surface area contributed by atoms with Gasteiger partial charge in [0.2, 0.25) is 5.28 Å². The second-order valence-electron chi connectivity index (χ2n) is 4.29. The molecule has 0 aromatic carbocycles. The summed E-state index contributed by atoms with van der Waals surface area (Å²) in [6.45, 7) is 0.598. The number of anilines is 1. The first kappa shape index (κ1) is 12.0. The second kappa shape index (κ2) is 4.28. The summed E-state index contributed by atoms with van der Waals surface area (Å²) >= 11 is 7.37. The molecular formula is C11H10ClF2N3S. The highest BCUT2D eigenvalue weighted by Crippen LogP contribution is 2.34. The van der Waals surface area contributed by atoms with Crippen LogP contribution in [0.25, 0.3) is 10.2 Å². The Morgan fingerprint density at radius 3 is 2.72 bits per heavy atom. The van der Waals surface area contributed by atoms with Crippen LogP contribution in [0.5, 0.6) is 0 Å². The van der Waals surface area contributed by atoms with E-state index in [0.29, 0.717) is 18.9 Å². The van der Waals surface area contributed by atoms with Crippen molar-refractivity contribution in [3.05, 3.63) is 16.7 Å². The summed E-state index contributed by atoms with van der Waals surface area (Å²) in [5, 5.41) is 2.06. The highest BCUT2D eigenvalue weighted by atomic mass is 35.5. The molecule has 0 saturated carbocycles. The minimum absolute atomic E-state index is 0.137. The number of fused-ring (bicyclic) bond motifs is 1. The van der Waals surface area contributed by atoms with Crippen LogP contribution < -0.4 is 4.90 Å². The summed E-state index contributed by atoms with van der Waals surface area (Å²) in [7, 11) is 0. The van der Waals surface area contributed by atoms with Crippen molar-refractivity contribution in [1.82, 2.24) is 9.97 Å². The summed E-state index contributed by atoms with van der Waals surface area (Å²) in [5.74, 6) is -1.88. The third kappa shape index (κ3) is 2.14. The smallest absolute Gasteiger partial charge is 0.251 e. The van der Waals surface area contributed by atoms with Crippen molar-refractivity contribution in [3.8, 4) is 0 Å². The van der Waals surface area contributed by atoms with Crippen molar-refractivity contribution in [2.24, 2.45) is 0 Å². The predicted molar refractivity (Wildman–Crippen MR) is 68.8 cm³/mol. The molecule has 0 unspecified atom stereocenters. The van der Waals surface area contributed by atoms with E-state index < -0.39 is 5.92 Å². The molecule has 0 N–H and O–H groups in total. The van der Waals surface area contributed by atoms with Crippen LogP contribution in [-0.2, 0) is 0 Å². The molecule has 0 atom stereocenters. The van der Waals surface area contributed by atoms with Gasteiger partial charge in [0.25, 0.3) is 5.92 Å². The van der Waals surface area contributed by atoms with Gasteiger partial charge in [0.15, 0.2) is 5.82 Å². The molecule has 1 saturated heterocycles. The van der Waals surface area contributed by atoms with Gasteiger partial charge in [-0.2, -0.15) is 4.98 Å². The molecule has 0 aliphatic carbocycles. The lowest BCUT2D eigenvalue weighted by molar-refractivity contribution is -0.0221. The van der Waals surface area contributed by atoms with Crippen LogP contribution in [0.3, 0.4) is 0 Å². The van der Waals surface area contributed by atoms with Gasteiger partial charge in [0, 0.05) is 25.9 Å². The summed E-state index contributed by atoms with van der Waals surface area (Å²) in [6.07, 6.45) is -0.275. The Hall–Kier alpha value is -1.01. The van der Waals surface area contributed by atoms with Crippen molar-refractivity contribution in [2.45, 2.75) is 18.8 Å². The first-order valence-corrected chi connectivity index (χ1v) is 6.84. The number of aromatic nitrogens is 2. The van der Waals surface area contributed by atoms with Crippen molar-refractivity contribution in [3.63, 3.8) is 0 Å². The quantitative estimate of drug-likeness (QED) is 0.752. The van der Waals surface area contributed by atoms with Crippen molar-refractivity contribution in [2.75, 3.05) is 18.0 Å². The predicted octanol–water partition coefficient (Wildman–Crippen LogP) is 3.58. The van der Waals surface area contributed by atoms with Crippen LogP contribution in [0.2, 0.25) is 5.28 Å². The molecular weight excluding hydrogens is 280 g/mol. The van der Waals surface area contributed by atoms with Gasteiger partial charge >= 0.3 is 0 Å². The van der Waals surface area contributed by atoms with Crippen molar-refractivity contribution in [1.29, 1.82) is 0 Å². The van der Waals surface area contributed by atoms with Crippen LogP contribution in [0, 0.1) is 0 Å². The fourth-order valence-corrected chi connectivity index (χ4v) is 3.10. The zero-order chi connectivity index (χ0) is 12.8. The zero-order valence-corrected chi connectivity index (χ0v) is 10.9. The van der Waals surface area contributed by atoms with E-state index in [9.17, 15) is 8.78 Å². The van der Waals surface area contributed by atoms with Gasteiger partial charge in [-0.15, -0.1) is 11.3 Å². The van der Waals surface area contributed by atoms with Gasteiger partial charge in [-0.05, 0) is 23.0 Å². The minimum Gasteiger partial charge on any atom is -0.355 e. The molecule has 18 heavy (non-hydrogen) atoms. The second-order valence-corrected chi connectivity index (χ2v) is 5.55. The van der Waals surface area contributed by atoms with Crippen molar-refractivity contribution >= 4 is 39.0 Å². The highest BCUT2D eigenvalue weighted by molar-refractivity contribution is 7.17. The van der Waals surface area contributed by atoms with Crippen LogP contribution in [0.15, 0.2) is 11.4 Å². The summed E-state index contributed by atoms with van der Waals surface area (Å²) in [6, 6.07) is 1.86. The maximum Gasteiger partial charge on any atom is 0.251 e. The molecule has 1 fully saturated rings. The van der Waals surface area contributed by atoms with Gasteiger partial charge in [-0.25, -0.2) is 13.8 Å². The summed E-state index contributed by atoms with van der Waals surface area (Å²) < 4.78 is 27.2. The molecule has 0 spiro atoms. The van der Waals surface area contributed by atoms with Crippen LogP contribution >= 0.6 is 22.9 Å². The summed E-state index contributed by atoms with van der Waals surface area (Å²) in [4.78, 5) is 10.2. The van der Waals surface area contributed by atoms with Gasteiger partial charge in [-0.3, -0.25) is 0 Å². The lowest BCUT2D eigenvalue weighted by atomic mass is 10.1. The highest BCUT2D eigenvalue weighted by Gasteiger charge is 2.35. The molecule has 7 heteroatoms. The van der Waals surface area contributed by atoms with E-state index in [1.165, 1.54) is 11.3 Å². The number of rotatable bonds is 1. The maximum absolute atomic E-state index is 13.1. The Morgan fingerprint density at radius 1 is 1.28 bits per heavy atom. The number of halogens is 3. The fraction of sp³-hybridized carbons (Fsp3) is 0.455. The van der Waals surface area contributed by atoms with Crippen LogP contribution in [0.1, 0.15) is 12.8 Å². The molecule has 96 valence electrons. The molecule has 3 rings (SSSR count). The number of alkyl halides is 2. The average molecular weight is 290 g/mol. The van der Waals surface area contributed by atoms with Gasteiger partial charge in [0.1, 0.15) is 0 Å². The molecule has 3 heterocycles. The maximum atomic E-state index is 13.1. The molecule has 1 aliphatic heterocycles. The molecule has 3 nitrogen and oxygen atoms in total. The van der Waals surface area contributed by atoms with E-state index in [0.717, 1.165) is 10.2 Å². The summed E-state index contributed by atoms with van der Waals surface area (Å²) in [5.41, 5.74) is 0.771. The van der Waals surface area contributed by atoms with Crippen LogP contribution in [0.4, 0.5) is 14.6 Å². The number of thiophene rings is 1. The number of hydrogen-bond acceptors (Lipinski definition) is 4.